The maximum Gasteiger partial charge on any atom is 0.408 e. The summed E-state index contributed by atoms with van der Waals surface area (Å²) in [7, 11) is 0. The number of benzene rings is 1. The van der Waals surface area contributed by atoms with Crippen molar-refractivity contribution >= 4 is 0 Å². The van der Waals surface area contributed by atoms with Crippen LogP contribution in [0.25, 0.3) is 11.3 Å². The highest BCUT2D eigenvalue weighted by Crippen LogP contribution is 2.23. The highest BCUT2D eigenvalue weighted by Gasteiger charge is 2.29. The van der Waals surface area contributed by atoms with Crippen molar-refractivity contribution in [2.75, 3.05) is 0 Å². The molecule has 0 fully saturated rings. The fourth-order valence-electron chi connectivity index (χ4n) is 1.41. The second kappa shape index (κ2) is 4.00. The lowest BCUT2D eigenvalue weighted by Crippen LogP contribution is -2.19. The SMILES string of the molecule is FC(F)(F)Cn1nc[c]c1-c1ccccc1. The molecule has 1 heterocycles. The monoisotopic (exact) mass is 225 g/mol. The van der Waals surface area contributed by atoms with Gasteiger partial charge in [0.2, 0.25) is 0 Å². The molecule has 1 aromatic heterocycles. The zero-order chi connectivity index (χ0) is 11.6. The summed E-state index contributed by atoms with van der Waals surface area (Å²) in [6, 6.07) is 11.5. The van der Waals surface area contributed by atoms with Crippen molar-refractivity contribution in [1.29, 1.82) is 0 Å². The molecule has 0 amide bonds. The smallest absolute Gasteiger partial charge is 0.255 e. The number of nitrogens with zero attached hydrogens (tertiary/aromatic N) is 2. The van der Waals surface area contributed by atoms with Gasteiger partial charge in [-0.05, 0) is 0 Å². The van der Waals surface area contributed by atoms with E-state index in [9.17, 15) is 13.2 Å². The van der Waals surface area contributed by atoms with E-state index in [0.29, 0.717) is 11.3 Å². The first-order valence-electron chi connectivity index (χ1n) is 4.62. The molecule has 2 rings (SSSR count). The van der Waals surface area contributed by atoms with Gasteiger partial charge in [-0.15, -0.1) is 0 Å². The van der Waals surface area contributed by atoms with Gasteiger partial charge in [-0.25, -0.2) is 0 Å². The largest absolute Gasteiger partial charge is 0.408 e. The summed E-state index contributed by atoms with van der Waals surface area (Å²) in [6.45, 7) is -1.10. The van der Waals surface area contributed by atoms with Gasteiger partial charge < -0.3 is 0 Å². The van der Waals surface area contributed by atoms with Crippen molar-refractivity contribution < 1.29 is 13.2 Å². The summed E-state index contributed by atoms with van der Waals surface area (Å²) < 4.78 is 37.6. The molecular formula is C11H8F3N2. The molecule has 83 valence electrons. The van der Waals surface area contributed by atoms with Gasteiger partial charge in [-0.2, -0.15) is 18.3 Å². The van der Waals surface area contributed by atoms with Crippen LogP contribution < -0.4 is 0 Å². The first-order valence-corrected chi connectivity index (χ1v) is 4.62. The van der Waals surface area contributed by atoms with Gasteiger partial charge in [-0.3, -0.25) is 4.68 Å². The molecule has 1 radical (unpaired) electrons. The first kappa shape index (κ1) is 10.7. The molecule has 0 aliphatic rings. The topological polar surface area (TPSA) is 17.8 Å². The molecule has 1 aromatic carbocycles. The Kier molecular flexibility index (Phi) is 2.68. The standard InChI is InChI=1S/C11H8F3N2/c12-11(13,14)8-16-10(6-7-15-16)9-4-2-1-3-5-9/h1-5,7H,8H2. The van der Waals surface area contributed by atoms with Gasteiger partial charge in [0.05, 0.1) is 11.9 Å². The first-order chi connectivity index (χ1) is 7.56. The number of hydrogen-bond acceptors (Lipinski definition) is 1. The Morgan fingerprint density at radius 1 is 1.19 bits per heavy atom. The third kappa shape index (κ3) is 2.42. The molecule has 0 atom stereocenters. The lowest BCUT2D eigenvalue weighted by Gasteiger charge is -2.09. The lowest BCUT2D eigenvalue weighted by atomic mass is 10.1. The summed E-state index contributed by atoms with van der Waals surface area (Å²) in [6.07, 6.45) is -3.03. The van der Waals surface area contributed by atoms with Crippen LogP contribution in [0.1, 0.15) is 0 Å². The van der Waals surface area contributed by atoms with E-state index in [-0.39, 0.29) is 0 Å². The molecule has 2 nitrogen and oxygen atoms in total. The molecule has 0 aliphatic heterocycles. The minimum absolute atomic E-state index is 0.345. The van der Waals surface area contributed by atoms with Crippen LogP contribution in [0.3, 0.4) is 0 Å². The number of hydrogen-bond donors (Lipinski definition) is 0. The van der Waals surface area contributed by atoms with E-state index < -0.39 is 12.7 Å². The fraction of sp³-hybridized carbons (Fsp3) is 0.182. The number of halogens is 3. The van der Waals surface area contributed by atoms with E-state index in [2.05, 4.69) is 11.2 Å². The predicted octanol–water partition coefficient (Wildman–Crippen LogP) is 2.91. The van der Waals surface area contributed by atoms with Gasteiger partial charge >= 0.3 is 6.18 Å². The highest BCUT2D eigenvalue weighted by atomic mass is 19.4. The Balaban J connectivity index is 2.33. The molecule has 16 heavy (non-hydrogen) atoms. The van der Waals surface area contributed by atoms with Crippen LogP contribution in [-0.2, 0) is 6.54 Å². The van der Waals surface area contributed by atoms with Crippen LogP contribution in [-0.4, -0.2) is 16.0 Å². The molecule has 0 unspecified atom stereocenters. The summed E-state index contributed by atoms with van der Waals surface area (Å²) in [5, 5.41) is 3.62. The van der Waals surface area contributed by atoms with Crippen molar-refractivity contribution in [3.8, 4) is 11.3 Å². The van der Waals surface area contributed by atoms with Gasteiger partial charge in [0.15, 0.2) is 0 Å². The molecule has 0 saturated carbocycles. The Morgan fingerprint density at radius 2 is 1.88 bits per heavy atom. The zero-order valence-electron chi connectivity index (χ0n) is 8.20. The van der Waals surface area contributed by atoms with Crippen molar-refractivity contribution in [2.24, 2.45) is 0 Å². The number of alkyl halides is 3. The Bertz CT molecular complexity index is 460. The van der Waals surface area contributed by atoms with Crippen molar-refractivity contribution in [1.82, 2.24) is 9.78 Å². The maximum atomic E-state index is 12.2. The molecule has 2 aromatic rings. The fourth-order valence-corrected chi connectivity index (χ4v) is 1.41. The van der Waals surface area contributed by atoms with Crippen LogP contribution in [0.5, 0.6) is 0 Å². The van der Waals surface area contributed by atoms with Crippen LogP contribution in [0.2, 0.25) is 0 Å². The second-order valence-electron chi connectivity index (χ2n) is 3.28. The van der Waals surface area contributed by atoms with E-state index >= 15 is 0 Å². The molecule has 0 N–H and O–H groups in total. The molecule has 5 heteroatoms. The average molecular weight is 225 g/mol. The second-order valence-corrected chi connectivity index (χ2v) is 3.28. The van der Waals surface area contributed by atoms with Crippen molar-refractivity contribution in [3.63, 3.8) is 0 Å². The Labute approximate surface area is 90.3 Å². The molecule has 0 aliphatic carbocycles. The summed E-state index contributed by atoms with van der Waals surface area (Å²) in [5.41, 5.74) is 1.02. The molecular weight excluding hydrogens is 217 g/mol. The van der Waals surface area contributed by atoms with Crippen LogP contribution in [0, 0.1) is 6.07 Å². The van der Waals surface area contributed by atoms with E-state index in [4.69, 9.17) is 0 Å². The van der Waals surface area contributed by atoms with E-state index in [1.54, 1.807) is 30.3 Å². The third-order valence-corrected chi connectivity index (χ3v) is 2.03. The van der Waals surface area contributed by atoms with E-state index in [0.717, 1.165) is 4.68 Å². The normalized spacial score (nSPS) is 11.7. The Morgan fingerprint density at radius 3 is 2.50 bits per heavy atom. The minimum Gasteiger partial charge on any atom is -0.255 e. The molecule has 0 bridgehead atoms. The maximum absolute atomic E-state index is 12.2. The molecule has 0 spiro atoms. The van der Waals surface area contributed by atoms with Gasteiger partial charge in [0, 0.05) is 11.6 Å². The lowest BCUT2D eigenvalue weighted by molar-refractivity contribution is -0.142. The predicted molar refractivity (Wildman–Crippen MR) is 52.6 cm³/mol. The quantitative estimate of drug-likeness (QED) is 0.768. The Hall–Kier alpha value is -1.78. The average Bonchev–Trinajstić information content (AvgIpc) is 2.64. The van der Waals surface area contributed by atoms with Crippen LogP contribution >= 0.6 is 0 Å². The van der Waals surface area contributed by atoms with E-state index in [1.165, 1.54) is 6.20 Å². The third-order valence-electron chi connectivity index (χ3n) is 2.03. The van der Waals surface area contributed by atoms with Gasteiger partial charge in [-0.1, -0.05) is 30.3 Å². The highest BCUT2D eigenvalue weighted by molar-refractivity contribution is 5.58. The summed E-state index contributed by atoms with van der Waals surface area (Å²) in [4.78, 5) is 0. The van der Waals surface area contributed by atoms with Crippen LogP contribution in [0.15, 0.2) is 36.5 Å². The summed E-state index contributed by atoms with van der Waals surface area (Å²) >= 11 is 0. The minimum atomic E-state index is -4.27. The zero-order valence-corrected chi connectivity index (χ0v) is 8.20. The van der Waals surface area contributed by atoms with Crippen molar-refractivity contribution in [2.45, 2.75) is 12.7 Å². The van der Waals surface area contributed by atoms with Crippen LogP contribution in [0.4, 0.5) is 13.2 Å². The van der Waals surface area contributed by atoms with Crippen molar-refractivity contribution in [3.05, 3.63) is 42.6 Å². The number of aromatic nitrogens is 2. The summed E-state index contributed by atoms with van der Waals surface area (Å²) in [5.74, 6) is 0. The molecule has 0 saturated heterocycles. The van der Waals surface area contributed by atoms with Gasteiger partial charge in [0.25, 0.3) is 0 Å². The van der Waals surface area contributed by atoms with E-state index in [1.807, 2.05) is 0 Å². The van der Waals surface area contributed by atoms with Gasteiger partial charge in [0.1, 0.15) is 6.54 Å². The number of rotatable bonds is 2.